The summed E-state index contributed by atoms with van der Waals surface area (Å²) in [7, 11) is 0. The quantitative estimate of drug-likeness (QED) is 0.577. The average Bonchev–Trinajstić information content (AvgIpc) is 3.28. The Bertz CT molecular complexity index is 953. The van der Waals surface area contributed by atoms with Gasteiger partial charge in [0.15, 0.2) is 16.7 Å². The van der Waals surface area contributed by atoms with Crippen molar-refractivity contribution in [1.82, 2.24) is 14.8 Å². The number of aromatic nitrogens is 3. The lowest BCUT2D eigenvalue weighted by molar-refractivity contribution is -0.115. The van der Waals surface area contributed by atoms with Gasteiger partial charge < -0.3 is 9.73 Å². The lowest BCUT2D eigenvalue weighted by Gasteiger charge is -2.15. The van der Waals surface area contributed by atoms with Crippen LogP contribution in [-0.4, -0.2) is 25.9 Å². The summed E-state index contributed by atoms with van der Waals surface area (Å²) in [5.74, 6) is 1.05. The third kappa shape index (κ3) is 4.62. The summed E-state index contributed by atoms with van der Waals surface area (Å²) < 4.78 is 21.1. The maximum atomic E-state index is 13.7. The van der Waals surface area contributed by atoms with Crippen LogP contribution in [0.25, 0.3) is 11.6 Å². The van der Waals surface area contributed by atoms with E-state index in [0.29, 0.717) is 40.5 Å². The highest BCUT2D eigenvalue weighted by atomic mass is 32.2. The van der Waals surface area contributed by atoms with Crippen LogP contribution in [0, 0.1) is 18.7 Å². The van der Waals surface area contributed by atoms with Gasteiger partial charge in [0.1, 0.15) is 5.82 Å². The van der Waals surface area contributed by atoms with E-state index in [4.69, 9.17) is 4.42 Å². The largest absolute Gasteiger partial charge is 0.461 e. The maximum absolute atomic E-state index is 13.7. The average molecular weight is 402 g/mol. The van der Waals surface area contributed by atoms with Gasteiger partial charge in [0.05, 0.1) is 11.5 Å². The van der Waals surface area contributed by atoms with Crippen molar-refractivity contribution < 1.29 is 13.6 Å². The molecule has 1 N–H and O–H groups in total. The molecule has 0 fully saturated rings. The van der Waals surface area contributed by atoms with Crippen molar-refractivity contribution in [3.8, 4) is 11.6 Å². The molecule has 1 unspecified atom stereocenters. The number of thioether (sulfide) groups is 1. The van der Waals surface area contributed by atoms with E-state index < -0.39 is 5.25 Å². The van der Waals surface area contributed by atoms with Crippen molar-refractivity contribution in [3.05, 3.63) is 48.0 Å². The number of hydrogen-bond donors (Lipinski definition) is 1. The number of amides is 1. The number of benzene rings is 1. The van der Waals surface area contributed by atoms with Crippen molar-refractivity contribution in [2.45, 2.75) is 44.6 Å². The second-order valence-corrected chi connectivity index (χ2v) is 8.31. The predicted molar refractivity (Wildman–Crippen MR) is 108 cm³/mol. The molecule has 0 saturated heterocycles. The molecular weight excluding hydrogens is 379 g/mol. The summed E-state index contributed by atoms with van der Waals surface area (Å²) in [6.45, 7) is 8.36. The molecule has 2 aromatic heterocycles. The van der Waals surface area contributed by atoms with E-state index >= 15 is 0 Å². The number of nitrogens with one attached hydrogen (secondary N) is 1. The van der Waals surface area contributed by atoms with Gasteiger partial charge in [-0.05, 0) is 49.6 Å². The highest BCUT2D eigenvalue weighted by Crippen LogP contribution is 2.28. The maximum Gasteiger partial charge on any atom is 0.237 e. The third-order valence-electron chi connectivity index (χ3n) is 4.10. The zero-order valence-electron chi connectivity index (χ0n) is 16.3. The molecule has 0 bridgehead atoms. The van der Waals surface area contributed by atoms with E-state index in [1.54, 1.807) is 38.3 Å². The molecule has 3 aromatic rings. The molecule has 1 aromatic carbocycles. The second kappa shape index (κ2) is 8.60. The monoisotopic (exact) mass is 402 g/mol. The van der Waals surface area contributed by atoms with E-state index in [2.05, 4.69) is 29.4 Å². The first-order valence-corrected chi connectivity index (χ1v) is 9.94. The summed E-state index contributed by atoms with van der Waals surface area (Å²) in [4.78, 5) is 12.6. The summed E-state index contributed by atoms with van der Waals surface area (Å²) in [6, 6.07) is 8.27. The molecule has 28 heavy (non-hydrogen) atoms. The highest BCUT2D eigenvalue weighted by molar-refractivity contribution is 8.00. The van der Waals surface area contributed by atoms with Crippen LogP contribution in [0.15, 0.2) is 46.2 Å². The Balaban J connectivity index is 1.76. The molecule has 6 nitrogen and oxygen atoms in total. The van der Waals surface area contributed by atoms with Crippen LogP contribution in [0.4, 0.5) is 10.1 Å². The van der Waals surface area contributed by atoms with Crippen LogP contribution in [0.5, 0.6) is 0 Å². The molecule has 3 rings (SSSR count). The van der Waals surface area contributed by atoms with Crippen LogP contribution >= 0.6 is 11.8 Å². The van der Waals surface area contributed by atoms with Crippen LogP contribution in [0.2, 0.25) is 0 Å². The predicted octanol–water partition coefficient (Wildman–Crippen LogP) is 4.76. The molecule has 1 atom stereocenters. The van der Waals surface area contributed by atoms with Crippen molar-refractivity contribution in [2.24, 2.45) is 5.92 Å². The molecule has 0 radical (unpaired) electrons. The van der Waals surface area contributed by atoms with Gasteiger partial charge in [0.2, 0.25) is 5.91 Å². The van der Waals surface area contributed by atoms with Crippen LogP contribution in [0.1, 0.15) is 26.3 Å². The number of rotatable bonds is 7. The Morgan fingerprint density at radius 3 is 2.71 bits per heavy atom. The van der Waals surface area contributed by atoms with Crippen LogP contribution < -0.4 is 5.32 Å². The van der Waals surface area contributed by atoms with Gasteiger partial charge in [0, 0.05) is 12.2 Å². The summed E-state index contributed by atoms with van der Waals surface area (Å²) in [5, 5.41) is 11.4. The smallest absolute Gasteiger partial charge is 0.237 e. The fourth-order valence-electron chi connectivity index (χ4n) is 2.62. The first kappa shape index (κ1) is 20.1. The van der Waals surface area contributed by atoms with Gasteiger partial charge in [-0.2, -0.15) is 0 Å². The molecule has 1 amide bonds. The third-order valence-corrected chi connectivity index (χ3v) is 5.18. The zero-order valence-corrected chi connectivity index (χ0v) is 17.1. The zero-order chi connectivity index (χ0) is 20.3. The molecule has 8 heteroatoms. The number of halogens is 1. The van der Waals surface area contributed by atoms with E-state index in [-0.39, 0.29) is 11.7 Å². The summed E-state index contributed by atoms with van der Waals surface area (Å²) in [6.07, 6.45) is 1.59. The van der Waals surface area contributed by atoms with Gasteiger partial charge in [-0.15, -0.1) is 10.2 Å². The van der Waals surface area contributed by atoms with Crippen LogP contribution in [-0.2, 0) is 11.3 Å². The molecule has 0 saturated carbocycles. The minimum atomic E-state index is -0.441. The Morgan fingerprint density at radius 1 is 1.29 bits per heavy atom. The number of furan rings is 1. The van der Waals surface area contributed by atoms with E-state index in [1.807, 2.05) is 10.6 Å². The van der Waals surface area contributed by atoms with Gasteiger partial charge in [-0.1, -0.05) is 31.7 Å². The molecule has 0 aliphatic heterocycles. The molecule has 0 aliphatic rings. The Labute approximate surface area is 167 Å². The number of anilines is 1. The molecule has 2 heterocycles. The second-order valence-electron chi connectivity index (χ2n) is 7.00. The SMILES string of the molecule is Cc1ccc(NC(=O)C(C)Sc2nnc(-c3ccco3)n2CC(C)C)cc1F. The Hall–Kier alpha value is -2.61. The number of hydrogen-bond acceptors (Lipinski definition) is 5. The fraction of sp³-hybridized carbons (Fsp3) is 0.350. The van der Waals surface area contributed by atoms with Crippen molar-refractivity contribution in [1.29, 1.82) is 0 Å². The molecule has 0 spiro atoms. The summed E-state index contributed by atoms with van der Waals surface area (Å²) >= 11 is 1.31. The molecular formula is C20H23FN4O2S. The number of nitrogens with zero attached hydrogens (tertiary/aromatic N) is 3. The first-order chi connectivity index (χ1) is 13.3. The number of carbonyl (C=O) groups excluding carboxylic acids is 1. The van der Waals surface area contributed by atoms with Gasteiger partial charge in [0.25, 0.3) is 0 Å². The molecule has 0 aliphatic carbocycles. The fourth-order valence-corrected chi connectivity index (χ4v) is 3.48. The highest BCUT2D eigenvalue weighted by Gasteiger charge is 2.22. The van der Waals surface area contributed by atoms with Crippen molar-refractivity contribution in [2.75, 3.05) is 5.32 Å². The van der Waals surface area contributed by atoms with Crippen molar-refractivity contribution in [3.63, 3.8) is 0 Å². The van der Waals surface area contributed by atoms with Gasteiger partial charge in [-0.25, -0.2) is 4.39 Å². The topological polar surface area (TPSA) is 73.0 Å². The van der Waals surface area contributed by atoms with Gasteiger partial charge in [-0.3, -0.25) is 9.36 Å². The Kier molecular flexibility index (Phi) is 6.18. The Morgan fingerprint density at radius 2 is 2.07 bits per heavy atom. The van der Waals surface area contributed by atoms with E-state index in [1.165, 1.54) is 17.8 Å². The normalized spacial score (nSPS) is 12.4. The van der Waals surface area contributed by atoms with E-state index in [0.717, 1.165) is 0 Å². The first-order valence-electron chi connectivity index (χ1n) is 9.06. The van der Waals surface area contributed by atoms with Gasteiger partial charge >= 0.3 is 0 Å². The van der Waals surface area contributed by atoms with Crippen molar-refractivity contribution >= 4 is 23.4 Å². The minimum Gasteiger partial charge on any atom is -0.461 e. The van der Waals surface area contributed by atoms with E-state index in [9.17, 15) is 9.18 Å². The lowest BCUT2D eigenvalue weighted by atomic mass is 10.2. The van der Waals surface area contributed by atoms with Crippen LogP contribution in [0.3, 0.4) is 0 Å². The summed E-state index contributed by atoms with van der Waals surface area (Å²) in [5.41, 5.74) is 0.966. The molecule has 148 valence electrons. The minimum absolute atomic E-state index is 0.230. The number of carbonyl (C=O) groups is 1. The number of aryl methyl sites for hydroxylation is 1. The standard InChI is InChI=1S/C20H23FN4O2S/c1-12(2)11-25-18(17-6-5-9-27-17)23-24-20(25)28-14(4)19(26)22-15-8-7-13(3)16(21)10-15/h5-10,12,14H,11H2,1-4H3,(H,22,26). The lowest BCUT2D eigenvalue weighted by Crippen LogP contribution is -2.23.